The monoisotopic (exact) mass is 418 g/mol. The molecule has 3 aromatic rings. The van der Waals surface area contributed by atoms with E-state index in [4.69, 9.17) is 9.47 Å². The molecule has 1 aromatic heterocycles. The smallest absolute Gasteiger partial charge is 0.214 e. The molecule has 0 saturated carbocycles. The van der Waals surface area contributed by atoms with Gasteiger partial charge in [0.15, 0.2) is 11.5 Å². The van der Waals surface area contributed by atoms with Crippen LogP contribution in [0.2, 0.25) is 0 Å². The number of rotatable bonds is 7. The standard InChI is InChI=1S/C19H19BrN2O4/c1-3-26-19-9-16(20)13(8-18(19)25-2)15(11-22(23)24)14-10-21-17-7-5-4-6-12(14)17/h4-10,15,21H,3,11H2,1-2H3/t15-/m0/s1. The fraction of sp³-hybridized carbons (Fsp3) is 0.263. The van der Waals surface area contributed by atoms with Crippen molar-refractivity contribution >= 4 is 26.8 Å². The van der Waals surface area contributed by atoms with Crippen molar-refractivity contribution < 1.29 is 14.4 Å². The van der Waals surface area contributed by atoms with Gasteiger partial charge in [-0.1, -0.05) is 34.1 Å². The predicted molar refractivity (Wildman–Crippen MR) is 104 cm³/mol. The van der Waals surface area contributed by atoms with Gasteiger partial charge in [-0.2, -0.15) is 0 Å². The first-order chi connectivity index (χ1) is 12.5. The van der Waals surface area contributed by atoms with E-state index in [1.54, 1.807) is 13.2 Å². The summed E-state index contributed by atoms with van der Waals surface area (Å²) in [6.07, 6.45) is 1.84. The number of H-pyrrole nitrogens is 1. The molecule has 0 spiro atoms. The number of fused-ring (bicyclic) bond motifs is 1. The molecule has 7 heteroatoms. The number of nitro groups is 1. The predicted octanol–water partition coefficient (Wildman–Crippen LogP) is 4.75. The number of aromatic amines is 1. The van der Waals surface area contributed by atoms with Crippen LogP contribution in [0.25, 0.3) is 10.9 Å². The van der Waals surface area contributed by atoms with E-state index in [-0.39, 0.29) is 11.5 Å². The highest BCUT2D eigenvalue weighted by Crippen LogP contribution is 2.40. The second kappa shape index (κ2) is 7.78. The third-order valence-corrected chi connectivity index (χ3v) is 4.97. The summed E-state index contributed by atoms with van der Waals surface area (Å²) < 4.78 is 11.8. The van der Waals surface area contributed by atoms with E-state index < -0.39 is 5.92 Å². The molecule has 0 amide bonds. The van der Waals surface area contributed by atoms with Gasteiger partial charge in [-0.25, -0.2) is 0 Å². The maximum Gasteiger partial charge on any atom is 0.214 e. The number of hydrogen-bond acceptors (Lipinski definition) is 4. The number of benzene rings is 2. The molecule has 3 rings (SSSR count). The number of nitrogens with zero attached hydrogens (tertiary/aromatic N) is 1. The van der Waals surface area contributed by atoms with E-state index in [2.05, 4.69) is 20.9 Å². The van der Waals surface area contributed by atoms with E-state index in [1.807, 2.05) is 43.5 Å². The molecule has 0 aliphatic carbocycles. The van der Waals surface area contributed by atoms with Gasteiger partial charge in [0.1, 0.15) is 0 Å². The van der Waals surface area contributed by atoms with Crippen molar-refractivity contribution in [2.75, 3.05) is 20.3 Å². The lowest BCUT2D eigenvalue weighted by atomic mass is 9.90. The molecule has 0 radical (unpaired) electrons. The van der Waals surface area contributed by atoms with Gasteiger partial charge in [0.2, 0.25) is 6.54 Å². The Labute approximate surface area is 159 Å². The molecule has 6 nitrogen and oxygen atoms in total. The van der Waals surface area contributed by atoms with Gasteiger partial charge >= 0.3 is 0 Å². The Balaban J connectivity index is 2.16. The molecular weight excluding hydrogens is 400 g/mol. The van der Waals surface area contributed by atoms with Crippen LogP contribution in [0.5, 0.6) is 11.5 Å². The minimum absolute atomic E-state index is 0.225. The first-order valence-corrected chi connectivity index (χ1v) is 9.02. The Bertz CT molecular complexity index is 938. The van der Waals surface area contributed by atoms with Crippen LogP contribution < -0.4 is 9.47 Å². The Hall–Kier alpha value is -2.54. The fourth-order valence-corrected chi connectivity index (χ4v) is 3.74. The lowest BCUT2D eigenvalue weighted by Gasteiger charge is -2.18. The first kappa shape index (κ1) is 18.3. The number of nitrogens with one attached hydrogen (secondary N) is 1. The largest absolute Gasteiger partial charge is 0.493 e. The van der Waals surface area contributed by atoms with Crippen molar-refractivity contribution in [1.82, 2.24) is 4.98 Å². The van der Waals surface area contributed by atoms with Crippen LogP contribution in [0, 0.1) is 10.1 Å². The molecule has 0 bridgehead atoms. The molecular formula is C19H19BrN2O4. The number of hydrogen-bond donors (Lipinski definition) is 1. The van der Waals surface area contributed by atoms with Crippen molar-refractivity contribution in [2.45, 2.75) is 12.8 Å². The minimum atomic E-state index is -0.430. The fourth-order valence-electron chi connectivity index (χ4n) is 3.14. The summed E-state index contributed by atoms with van der Waals surface area (Å²) in [5.74, 6) is 0.725. The second-order valence-electron chi connectivity index (χ2n) is 5.82. The molecule has 1 N–H and O–H groups in total. The summed E-state index contributed by atoms with van der Waals surface area (Å²) in [5.41, 5.74) is 2.61. The van der Waals surface area contributed by atoms with E-state index in [1.165, 1.54) is 0 Å². The molecule has 2 aromatic carbocycles. The molecule has 0 fully saturated rings. The SMILES string of the molecule is CCOc1cc(Br)c([C@H](C[N+](=O)[O-])c2c[nH]c3ccccc23)cc1OC. The molecule has 1 atom stereocenters. The quantitative estimate of drug-likeness (QED) is 0.443. The summed E-state index contributed by atoms with van der Waals surface area (Å²) in [7, 11) is 1.56. The van der Waals surface area contributed by atoms with Crippen molar-refractivity contribution in [3.63, 3.8) is 0 Å². The maximum absolute atomic E-state index is 11.4. The highest BCUT2D eigenvalue weighted by molar-refractivity contribution is 9.10. The summed E-state index contributed by atoms with van der Waals surface area (Å²) in [6.45, 7) is 2.17. The third kappa shape index (κ3) is 3.53. The molecule has 1 heterocycles. The van der Waals surface area contributed by atoms with Gasteiger partial charge in [-0.05, 0) is 36.2 Å². The summed E-state index contributed by atoms with van der Waals surface area (Å²) >= 11 is 3.55. The Kier molecular flexibility index (Phi) is 5.46. The van der Waals surface area contributed by atoms with Crippen molar-refractivity contribution in [1.29, 1.82) is 0 Å². The Morgan fingerprint density at radius 1 is 1.23 bits per heavy atom. The van der Waals surface area contributed by atoms with Crippen LogP contribution in [0.3, 0.4) is 0 Å². The molecule has 136 valence electrons. The number of ether oxygens (including phenoxy) is 2. The van der Waals surface area contributed by atoms with Crippen molar-refractivity contribution in [3.05, 3.63) is 68.3 Å². The summed E-state index contributed by atoms with van der Waals surface area (Å²) in [4.78, 5) is 14.3. The normalized spacial score (nSPS) is 12.1. The van der Waals surface area contributed by atoms with Crippen LogP contribution in [0.1, 0.15) is 24.0 Å². The number of para-hydroxylation sites is 1. The van der Waals surface area contributed by atoms with Crippen molar-refractivity contribution in [3.8, 4) is 11.5 Å². The van der Waals surface area contributed by atoms with Gasteiger partial charge in [-0.15, -0.1) is 0 Å². The van der Waals surface area contributed by atoms with Crippen LogP contribution in [-0.4, -0.2) is 30.2 Å². The zero-order chi connectivity index (χ0) is 18.7. The van der Waals surface area contributed by atoms with Gasteiger partial charge < -0.3 is 14.5 Å². The molecule has 0 aliphatic rings. The van der Waals surface area contributed by atoms with Gasteiger partial charge in [0, 0.05) is 26.5 Å². The number of aromatic nitrogens is 1. The molecule has 0 unspecified atom stereocenters. The average Bonchev–Trinajstić information content (AvgIpc) is 3.04. The summed E-state index contributed by atoms with van der Waals surface area (Å²) in [6, 6.07) is 11.4. The van der Waals surface area contributed by atoms with E-state index in [9.17, 15) is 10.1 Å². The highest BCUT2D eigenvalue weighted by atomic mass is 79.9. The van der Waals surface area contributed by atoms with Crippen LogP contribution in [0.4, 0.5) is 0 Å². The third-order valence-electron chi connectivity index (χ3n) is 4.29. The van der Waals surface area contributed by atoms with E-state index in [0.717, 1.165) is 26.5 Å². The lowest BCUT2D eigenvalue weighted by molar-refractivity contribution is -0.481. The minimum Gasteiger partial charge on any atom is -0.493 e. The second-order valence-corrected chi connectivity index (χ2v) is 6.67. The zero-order valence-corrected chi connectivity index (χ0v) is 16.1. The molecule has 26 heavy (non-hydrogen) atoms. The Morgan fingerprint density at radius 2 is 2.00 bits per heavy atom. The molecule has 0 saturated heterocycles. The van der Waals surface area contributed by atoms with Crippen LogP contribution in [-0.2, 0) is 0 Å². The van der Waals surface area contributed by atoms with Gasteiger partial charge in [0.25, 0.3) is 0 Å². The van der Waals surface area contributed by atoms with Gasteiger partial charge in [0.05, 0.1) is 19.6 Å². The maximum atomic E-state index is 11.4. The van der Waals surface area contributed by atoms with E-state index >= 15 is 0 Å². The van der Waals surface area contributed by atoms with Crippen molar-refractivity contribution in [2.24, 2.45) is 0 Å². The zero-order valence-electron chi connectivity index (χ0n) is 14.5. The highest BCUT2D eigenvalue weighted by Gasteiger charge is 2.26. The van der Waals surface area contributed by atoms with Gasteiger partial charge in [-0.3, -0.25) is 10.1 Å². The average molecular weight is 419 g/mol. The number of methoxy groups -OCH3 is 1. The van der Waals surface area contributed by atoms with E-state index in [0.29, 0.717) is 18.1 Å². The Morgan fingerprint density at radius 3 is 2.69 bits per heavy atom. The summed E-state index contributed by atoms with van der Waals surface area (Å²) in [5, 5.41) is 12.3. The lowest BCUT2D eigenvalue weighted by Crippen LogP contribution is -2.14. The topological polar surface area (TPSA) is 77.4 Å². The number of halogens is 1. The first-order valence-electron chi connectivity index (χ1n) is 8.23. The van der Waals surface area contributed by atoms with Crippen LogP contribution in [0.15, 0.2) is 47.1 Å². The molecule has 0 aliphatic heterocycles. The van der Waals surface area contributed by atoms with Crippen LogP contribution >= 0.6 is 15.9 Å².